The van der Waals surface area contributed by atoms with Gasteiger partial charge in [0.05, 0.1) is 6.04 Å². The van der Waals surface area contributed by atoms with Gasteiger partial charge in [-0.15, -0.1) is 22.6 Å². The van der Waals surface area contributed by atoms with E-state index in [0.29, 0.717) is 17.0 Å². The summed E-state index contributed by atoms with van der Waals surface area (Å²) in [5, 5.41) is 8.64. The average molecular weight is 340 g/mol. The first-order chi connectivity index (χ1) is 10.2. The van der Waals surface area contributed by atoms with Gasteiger partial charge in [0.25, 0.3) is 5.22 Å². The molecule has 1 aromatic heterocycles. The second-order valence-electron chi connectivity index (χ2n) is 4.94. The maximum atomic E-state index is 6.07. The quantitative estimate of drug-likeness (QED) is 0.760. The number of halogens is 1. The zero-order valence-electron chi connectivity index (χ0n) is 12.8. The second-order valence-corrected chi connectivity index (χ2v) is 5.91. The largest absolute Gasteiger partial charge is 0.414 e. The maximum Gasteiger partial charge on any atom is 0.276 e. The van der Waals surface area contributed by atoms with Crippen LogP contribution in [0.3, 0.4) is 0 Å². The summed E-state index contributed by atoms with van der Waals surface area (Å²) in [7, 11) is 0. The molecule has 0 fully saturated rings. The van der Waals surface area contributed by atoms with E-state index in [2.05, 4.69) is 48.3 Å². The van der Waals surface area contributed by atoms with Gasteiger partial charge in [-0.05, 0) is 11.5 Å². The lowest BCUT2D eigenvalue weighted by Gasteiger charge is -2.13. The molecule has 0 saturated carbocycles. The highest BCUT2D eigenvalue weighted by molar-refractivity contribution is 7.99. The minimum Gasteiger partial charge on any atom is -0.414 e. The molecule has 0 amide bonds. The van der Waals surface area contributed by atoms with Gasteiger partial charge >= 0.3 is 0 Å². The molecule has 0 saturated heterocycles. The van der Waals surface area contributed by atoms with E-state index in [0.717, 1.165) is 12.2 Å². The van der Waals surface area contributed by atoms with Crippen LogP contribution >= 0.6 is 24.2 Å². The Morgan fingerprint density at radius 2 is 2.00 bits per heavy atom. The maximum absolute atomic E-state index is 6.07. The van der Waals surface area contributed by atoms with Crippen LogP contribution in [0.5, 0.6) is 0 Å². The molecule has 6 heteroatoms. The number of rotatable bonds is 7. The van der Waals surface area contributed by atoms with Crippen molar-refractivity contribution in [3.05, 3.63) is 47.9 Å². The molecule has 2 atom stereocenters. The molecule has 22 heavy (non-hydrogen) atoms. The van der Waals surface area contributed by atoms with E-state index in [1.807, 2.05) is 18.2 Å². The Hall–Kier alpha value is -1.30. The molecule has 2 N–H and O–H groups in total. The minimum absolute atomic E-state index is 0. The van der Waals surface area contributed by atoms with E-state index in [9.17, 15) is 0 Å². The highest BCUT2D eigenvalue weighted by Crippen LogP contribution is 2.24. The molecular weight excluding hydrogens is 318 g/mol. The van der Waals surface area contributed by atoms with Crippen molar-refractivity contribution >= 4 is 30.2 Å². The standard InChI is InChI=1S/C16H21N3OS.ClH/c1-3-12(2)14(17)15-18-19-16(20-15)21-11-7-10-13-8-5-4-6-9-13;/h4-10,12,14H,3,11,17H2,1-2H3;1H. The highest BCUT2D eigenvalue weighted by atomic mass is 35.5. The number of nitrogens with two attached hydrogens (primary N) is 1. The van der Waals surface area contributed by atoms with E-state index >= 15 is 0 Å². The van der Waals surface area contributed by atoms with Gasteiger partial charge in [0, 0.05) is 5.75 Å². The summed E-state index contributed by atoms with van der Waals surface area (Å²) in [4.78, 5) is 0. The summed E-state index contributed by atoms with van der Waals surface area (Å²) in [6, 6.07) is 10.00. The van der Waals surface area contributed by atoms with E-state index in [4.69, 9.17) is 10.2 Å². The molecule has 0 bridgehead atoms. The Morgan fingerprint density at radius 3 is 2.68 bits per heavy atom. The highest BCUT2D eigenvalue weighted by Gasteiger charge is 2.19. The summed E-state index contributed by atoms with van der Waals surface area (Å²) in [5.41, 5.74) is 7.26. The van der Waals surface area contributed by atoms with E-state index in [1.54, 1.807) is 0 Å². The molecule has 2 unspecified atom stereocenters. The lowest BCUT2D eigenvalue weighted by atomic mass is 10.0. The summed E-state index contributed by atoms with van der Waals surface area (Å²) >= 11 is 1.51. The van der Waals surface area contributed by atoms with Crippen molar-refractivity contribution in [2.45, 2.75) is 31.5 Å². The van der Waals surface area contributed by atoms with Gasteiger partial charge in [0.1, 0.15) is 0 Å². The zero-order valence-corrected chi connectivity index (χ0v) is 14.4. The molecule has 120 valence electrons. The van der Waals surface area contributed by atoms with Gasteiger partial charge in [0.15, 0.2) is 0 Å². The Kier molecular flexibility index (Phi) is 8.24. The number of hydrogen-bond acceptors (Lipinski definition) is 5. The molecule has 0 radical (unpaired) electrons. The summed E-state index contributed by atoms with van der Waals surface area (Å²) in [5.74, 6) is 1.65. The molecule has 2 rings (SSSR count). The monoisotopic (exact) mass is 339 g/mol. The summed E-state index contributed by atoms with van der Waals surface area (Å²) < 4.78 is 5.60. The zero-order chi connectivity index (χ0) is 15.1. The summed E-state index contributed by atoms with van der Waals surface area (Å²) in [6.45, 7) is 4.19. The van der Waals surface area contributed by atoms with Crippen molar-refractivity contribution in [3.63, 3.8) is 0 Å². The van der Waals surface area contributed by atoms with Crippen molar-refractivity contribution in [1.29, 1.82) is 0 Å². The van der Waals surface area contributed by atoms with Gasteiger partial charge in [-0.25, -0.2) is 0 Å². The Labute approximate surface area is 142 Å². The number of nitrogens with zero attached hydrogens (tertiary/aromatic N) is 2. The predicted octanol–water partition coefficient (Wildman–Crippen LogP) is 4.34. The lowest BCUT2D eigenvalue weighted by Crippen LogP contribution is -2.18. The number of benzene rings is 1. The normalized spacial score (nSPS) is 13.8. The van der Waals surface area contributed by atoms with Crippen LogP contribution in [-0.2, 0) is 0 Å². The summed E-state index contributed by atoms with van der Waals surface area (Å²) in [6.07, 6.45) is 5.15. The van der Waals surface area contributed by atoms with Crippen LogP contribution in [0.1, 0.15) is 37.8 Å². The number of hydrogen-bond donors (Lipinski definition) is 1. The molecule has 2 aromatic rings. The predicted molar refractivity (Wildman–Crippen MR) is 94.1 cm³/mol. The van der Waals surface area contributed by atoms with Crippen molar-refractivity contribution in [3.8, 4) is 0 Å². The van der Waals surface area contributed by atoms with Crippen LogP contribution in [0.15, 0.2) is 46.0 Å². The van der Waals surface area contributed by atoms with Gasteiger partial charge in [-0.1, -0.05) is 74.5 Å². The van der Waals surface area contributed by atoms with E-state index < -0.39 is 0 Å². The molecule has 0 spiro atoms. The fourth-order valence-electron chi connectivity index (χ4n) is 1.78. The Balaban J connectivity index is 0.00000242. The first kappa shape index (κ1) is 18.7. The van der Waals surface area contributed by atoms with Crippen molar-refractivity contribution < 1.29 is 4.42 Å². The molecular formula is C16H22ClN3OS. The third-order valence-electron chi connectivity index (χ3n) is 3.38. The molecule has 1 aromatic carbocycles. The third kappa shape index (κ3) is 5.48. The van der Waals surface area contributed by atoms with Crippen LogP contribution in [-0.4, -0.2) is 16.0 Å². The topological polar surface area (TPSA) is 64.9 Å². The van der Waals surface area contributed by atoms with Crippen molar-refractivity contribution in [1.82, 2.24) is 10.2 Å². The first-order valence-corrected chi connectivity index (χ1v) is 8.12. The Morgan fingerprint density at radius 1 is 1.27 bits per heavy atom. The van der Waals surface area contributed by atoms with Crippen LogP contribution < -0.4 is 5.73 Å². The van der Waals surface area contributed by atoms with Crippen LogP contribution in [0.25, 0.3) is 6.08 Å². The second kappa shape index (κ2) is 9.66. The van der Waals surface area contributed by atoms with Gasteiger partial charge in [-0.3, -0.25) is 0 Å². The first-order valence-electron chi connectivity index (χ1n) is 7.14. The van der Waals surface area contributed by atoms with Gasteiger partial charge in [-0.2, -0.15) is 0 Å². The minimum atomic E-state index is -0.184. The lowest BCUT2D eigenvalue weighted by molar-refractivity contribution is 0.333. The van der Waals surface area contributed by atoms with Crippen molar-refractivity contribution in [2.24, 2.45) is 11.7 Å². The fourth-order valence-corrected chi connectivity index (χ4v) is 2.36. The molecule has 4 nitrogen and oxygen atoms in total. The molecule has 0 aliphatic carbocycles. The van der Waals surface area contributed by atoms with E-state index in [1.165, 1.54) is 17.3 Å². The SMILES string of the molecule is CCC(C)C(N)c1nnc(SCC=Cc2ccccc2)o1.Cl. The fraction of sp³-hybridized carbons (Fsp3) is 0.375. The average Bonchev–Trinajstić information content (AvgIpc) is 3.00. The van der Waals surface area contributed by atoms with Crippen LogP contribution in [0.2, 0.25) is 0 Å². The number of aromatic nitrogens is 2. The Bertz CT molecular complexity index is 574. The molecule has 0 aliphatic heterocycles. The van der Waals surface area contributed by atoms with Crippen LogP contribution in [0, 0.1) is 5.92 Å². The van der Waals surface area contributed by atoms with Gasteiger partial charge < -0.3 is 10.2 Å². The van der Waals surface area contributed by atoms with Crippen molar-refractivity contribution in [2.75, 3.05) is 5.75 Å². The van der Waals surface area contributed by atoms with Gasteiger partial charge in [0.2, 0.25) is 5.89 Å². The third-order valence-corrected chi connectivity index (χ3v) is 4.15. The number of thioether (sulfide) groups is 1. The molecule has 0 aliphatic rings. The van der Waals surface area contributed by atoms with E-state index in [-0.39, 0.29) is 18.4 Å². The van der Waals surface area contributed by atoms with Crippen LogP contribution in [0.4, 0.5) is 0 Å². The molecule has 1 heterocycles. The smallest absolute Gasteiger partial charge is 0.276 e.